The first-order chi connectivity index (χ1) is 43.8. The third-order valence-electron chi connectivity index (χ3n) is 17.1. The Hall–Kier alpha value is -6.44. The number of amides is 4. The van der Waals surface area contributed by atoms with Gasteiger partial charge in [-0.2, -0.15) is 20.2 Å². The van der Waals surface area contributed by atoms with E-state index in [9.17, 15) is 32.4 Å². The van der Waals surface area contributed by atoms with Gasteiger partial charge in [-0.15, -0.1) is 0 Å². The number of ketones is 1. The lowest BCUT2D eigenvalue weighted by molar-refractivity contribution is -0.401. The number of hydrogen-bond donors (Lipinski definition) is 0. The number of carbonyl (C=O) groups is 5. The molecule has 486 valence electrons. The molecule has 1 fully saturated rings. The van der Waals surface area contributed by atoms with Gasteiger partial charge in [0, 0.05) is 96.6 Å². The molecule has 0 radical (unpaired) electrons. The van der Waals surface area contributed by atoms with Gasteiger partial charge in [-0.25, -0.2) is 0 Å². The van der Waals surface area contributed by atoms with E-state index in [1.54, 1.807) is 42.2 Å². The monoisotopic (exact) mass is 1320 g/mol. The predicted molar refractivity (Wildman–Crippen MR) is 357 cm³/mol. The van der Waals surface area contributed by atoms with Crippen LogP contribution < -0.4 is 28.9 Å². The number of Topliss-reactive ketones (excluding diaryl/α,β-unsaturated/α-hetero) is 1. The normalized spacial score (nSPS) is 18.0. The molecule has 91 heavy (non-hydrogen) atoms. The predicted octanol–water partition coefficient (Wildman–Crippen LogP) is 9.71. The van der Waals surface area contributed by atoms with Gasteiger partial charge in [0.1, 0.15) is 37.0 Å². The standard InChI is InChI=1S/C68H81N5O14S4/c1-44-30-53-47(19-20-50-34-48-14-9-11-16-55(48)72(50)65(53)76)36-59(44)86-41-45-31-46(42-87-61-38-57-54(37-60(61)82-6)66(77)73-52(40-69(57)4)35-49-15-10-12-17-56(49)73)33-51(32-45)70(23-24-84-27-28-85-26-25-81-5)43-68(2,3)90-89-29-21-63(91(79,80)83-7)58(74)18-13-22-71-64(75)39-62(88-8)67(71)78/h9-12,14-17,30-33,36-38,50,52,62-63H,13,18-29,34-35,39,41-43H2,1-8H3/t50-,52+,62?,63?/m1/s1. The number of anilines is 3. The highest BCUT2D eigenvalue weighted by molar-refractivity contribution is 8.77. The Kier molecular flexibility index (Phi) is 22.3. The molecule has 5 aliphatic rings. The van der Waals surface area contributed by atoms with E-state index in [1.165, 1.54) is 28.1 Å². The highest BCUT2D eigenvalue weighted by atomic mass is 33.1. The highest BCUT2D eigenvalue weighted by Crippen LogP contribution is 2.43. The summed E-state index contributed by atoms with van der Waals surface area (Å²) < 4.78 is 69.3. The maximum Gasteiger partial charge on any atom is 0.277 e. The van der Waals surface area contributed by atoms with Crippen molar-refractivity contribution >= 4 is 102 Å². The fourth-order valence-electron chi connectivity index (χ4n) is 12.6. The van der Waals surface area contributed by atoms with E-state index in [0.717, 1.165) is 76.2 Å². The summed E-state index contributed by atoms with van der Waals surface area (Å²) in [5.74, 6) is 0.535. The van der Waals surface area contributed by atoms with Crippen molar-refractivity contribution in [3.63, 3.8) is 0 Å². The lowest BCUT2D eigenvalue weighted by Gasteiger charge is -2.34. The smallest absolute Gasteiger partial charge is 0.277 e. The molecule has 0 aliphatic carbocycles. The van der Waals surface area contributed by atoms with Gasteiger partial charge in [0.05, 0.1) is 58.2 Å². The Morgan fingerprint density at radius 3 is 2.14 bits per heavy atom. The third-order valence-corrected chi connectivity index (χ3v) is 23.0. The Morgan fingerprint density at radius 1 is 0.780 bits per heavy atom. The molecule has 5 aliphatic heterocycles. The summed E-state index contributed by atoms with van der Waals surface area (Å²) in [6.45, 7) is 9.44. The fraction of sp³-hybridized carbons (Fsp3) is 0.471. The first-order valence-electron chi connectivity index (χ1n) is 30.8. The van der Waals surface area contributed by atoms with Gasteiger partial charge < -0.3 is 47.7 Å². The molecule has 0 bridgehead atoms. The summed E-state index contributed by atoms with van der Waals surface area (Å²) in [5, 5.41) is -1.88. The zero-order valence-corrected chi connectivity index (χ0v) is 56.3. The number of thioether (sulfide) groups is 1. The molecule has 0 saturated carbocycles. The van der Waals surface area contributed by atoms with Crippen LogP contribution in [0.15, 0.2) is 91.0 Å². The van der Waals surface area contributed by atoms with E-state index in [0.29, 0.717) is 92.4 Å². The van der Waals surface area contributed by atoms with Gasteiger partial charge in [-0.1, -0.05) is 58.0 Å². The molecule has 19 nitrogen and oxygen atoms in total. The number of benzene rings is 5. The van der Waals surface area contributed by atoms with Crippen molar-refractivity contribution in [2.24, 2.45) is 0 Å². The van der Waals surface area contributed by atoms with E-state index in [1.807, 2.05) is 84.1 Å². The van der Waals surface area contributed by atoms with Crippen LogP contribution in [0, 0.1) is 6.92 Å². The van der Waals surface area contributed by atoms with Crippen molar-refractivity contribution in [2.45, 2.75) is 113 Å². The highest BCUT2D eigenvalue weighted by Gasteiger charge is 2.41. The van der Waals surface area contributed by atoms with Gasteiger partial charge in [0.15, 0.2) is 11.5 Å². The lowest BCUT2D eigenvalue weighted by Crippen LogP contribution is -2.38. The summed E-state index contributed by atoms with van der Waals surface area (Å²) in [7, 11) is 4.88. The van der Waals surface area contributed by atoms with Crippen molar-refractivity contribution in [2.75, 3.05) is 108 Å². The van der Waals surface area contributed by atoms with Gasteiger partial charge in [-0.05, 0) is 154 Å². The molecule has 0 N–H and O–H groups in total. The molecule has 5 aromatic rings. The molecule has 2 unspecified atom stereocenters. The van der Waals surface area contributed by atoms with E-state index >= 15 is 0 Å². The number of hydrogen-bond acceptors (Lipinski definition) is 18. The van der Waals surface area contributed by atoms with Gasteiger partial charge in [0.2, 0.25) is 17.7 Å². The molecule has 5 aromatic carbocycles. The van der Waals surface area contributed by atoms with Crippen molar-refractivity contribution in [1.82, 2.24) is 4.90 Å². The second-order valence-corrected chi connectivity index (χ2v) is 30.0. The molecule has 4 amide bonds. The molecule has 23 heteroatoms. The van der Waals surface area contributed by atoms with E-state index in [4.69, 9.17) is 32.6 Å². The minimum Gasteiger partial charge on any atom is -0.493 e. The SMILES string of the molecule is COCCOCCOCCN(CC(C)(C)SSCCC(C(=O)CCCN1C(=O)CC(SC)C1=O)S(=O)(=O)OC)c1cc(COc2cc3c(cc2C)C(=O)N2c4ccccc4C[C@H]2CC3)cc(COc2cc3c(cc2OC)C(=O)N2c4ccccc4C[C@H]2[C-]=[N+]3C)c1. The van der Waals surface area contributed by atoms with Crippen LogP contribution in [0.3, 0.4) is 0 Å². The van der Waals surface area contributed by atoms with Crippen LogP contribution in [0.25, 0.3) is 0 Å². The Morgan fingerprint density at radius 2 is 1.45 bits per heavy atom. The quantitative estimate of drug-likeness (QED) is 0.00983. The van der Waals surface area contributed by atoms with Crippen LogP contribution in [0.1, 0.15) is 100 Å². The fourth-order valence-corrected chi connectivity index (χ4v) is 17.0. The number of ether oxygens (including phenoxy) is 6. The van der Waals surface area contributed by atoms with Gasteiger partial charge >= 0.3 is 0 Å². The first kappa shape index (κ1) is 67.4. The zero-order chi connectivity index (χ0) is 64.6. The number of rotatable bonds is 32. The number of para-hydroxylation sites is 2. The largest absolute Gasteiger partial charge is 0.493 e. The molecule has 10 rings (SSSR count). The van der Waals surface area contributed by atoms with Gasteiger partial charge in [0.25, 0.3) is 16.0 Å². The minimum atomic E-state index is -4.26. The average molecular weight is 1320 g/mol. The number of likely N-dealkylation sites (tertiary alicyclic amines) is 1. The maximum absolute atomic E-state index is 14.5. The van der Waals surface area contributed by atoms with Gasteiger partial charge in [-0.3, -0.25) is 33.1 Å². The average Bonchev–Trinajstić information content (AvgIpc) is 1.73. The number of fused-ring (bicyclic) bond motifs is 8. The van der Waals surface area contributed by atoms with Crippen molar-refractivity contribution < 1.29 is 69.6 Å². The summed E-state index contributed by atoms with van der Waals surface area (Å²) in [4.78, 5) is 74.9. The molecule has 0 aromatic heterocycles. The maximum atomic E-state index is 14.5. The van der Waals surface area contributed by atoms with Crippen LogP contribution in [0.4, 0.5) is 22.7 Å². The number of carbonyl (C=O) groups excluding carboxylic acids is 5. The zero-order valence-electron chi connectivity index (χ0n) is 53.0. The number of aryl methyl sites for hydroxylation is 2. The second kappa shape index (κ2) is 30.1. The van der Waals surface area contributed by atoms with Crippen molar-refractivity contribution in [3.05, 3.63) is 136 Å². The number of imide groups is 1. The van der Waals surface area contributed by atoms with E-state index in [-0.39, 0.29) is 81.2 Å². The summed E-state index contributed by atoms with van der Waals surface area (Å²) in [5.41, 5.74) is 10.2. The van der Waals surface area contributed by atoms with Crippen LogP contribution in [-0.4, -0.2) is 174 Å². The molecule has 4 atom stereocenters. The lowest BCUT2D eigenvalue weighted by atomic mass is 9.98. The molecular formula is C68H81N5O14S4. The van der Waals surface area contributed by atoms with Crippen molar-refractivity contribution in [1.29, 1.82) is 0 Å². The molecule has 0 spiro atoms. The molecule has 5 heterocycles. The van der Waals surface area contributed by atoms with Crippen LogP contribution in [-0.2, 0) is 75.4 Å². The Bertz CT molecular complexity index is 3680. The second-order valence-electron chi connectivity index (χ2n) is 23.9. The first-order valence-corrected chi connectivity index (χ1v) is 35.9. The molecular weight excluding hydrogens is 1240 g/mol. The Balaban J connectivity index is 0.904. The van der Waals surface area contributed by atoms with Crippen LogP contribution in [0.5, 0.6) is 17.2 Å². The van der Waals surface area contributed by atoms with E-state index in [2.05, 4.69) is 49.2 Å². The minimum absolute atomic E-state index is 0.00534. The van der Waals surface area contributed by atoms with E-state index < -0.39 is 31.1 Å². The third kappa shape index (κ3) is 15.6. The van der Waals surface area contributed by atoms with Crippen LogP contribution >= 0.6 is 33.3 Å². The summed E-state index contributed by atoms with van der Waals surface area (Å²) in [6.07, 6.45) is 8.42. The van der Waals surface area contributed by atoms with Crippen LogP contribution in [0.2, 0.25) is 0 Å². The van der Waals surface area contributed by atoms with Crippen molar-refractivity contribution in [3.8, 4) is 17.2 Å². The summed E-state index contributed by atoms with van der Waals surface area (Å²) >= 11 is 1.31. The summed E-state index contributed by atoms with van der Waals surface area (Å²) in [6, 6.07) is 29.7. The number of methoxy groups -OCH3 is 2. The Labute approximate surface area is 546 Å². The topological polar surface area (TPSA) is 200 Å². The molecule has 1 saturated heterocycles. The number of nitrogens with zero attached hydrogens (tertiary/aromatic N) is 5.